The molecule has 0 atom stereocenters. The highest BCUT2D eigenvalue weighted by Gasteiger charge is 2.16. The molecular weight excluding hydrogens is 401 g/mol. The third-order valence-electron chi connectivity index (χ3n) is 4.02. The Kier molecular flexibility index (Phi) is 5.12. The molecule has 4 rings (SSSR count). The fourth-order valence-electron chi connectivity index (χ4n) is 2.72. The van der Waals surface area contributed by atoms with Gasteiger partial charge in [-0.15, -0.1) is 11.3 Å². The number of ether oxygens (including phenoxy) is 1. The van der Waals surface area contributed by atoms with Crippen molar-refractivity contribution < 1.29 is 9.53 Å². The molecule has 27 heavy (non-hydrogen) atoms. The number of thiazole rings is 1. The molecule has 0 fully saturated rings. The topological polar surface area (TPSA) is 39.2 Å². The molecule has 1 aromatic heterocycles. The summed E-state index contributed by atoms with van der Waals surface area (Å²) in [7, 11) is 0. The minimum Gasteiger partial charge on any atom is -0.426 e. The first kappa shape index (κ1) is 18.0. The van der Waals surface area contributed by atoms with Crippen molar-refractivity contribution in [1.29, 1.82) is 0 Å². The van der Waals surface area contributed by atoms with Crippen LogP contribution in [0.2, 0.25) is 10.0 Å². The fraction of sp³-hybridized carbons (Fsp3) is 0.0476. The van der Waals surface area contributed by atoms with Gasteiger partial charge in [-0.05, 0) is 36.4 Å². The SMILES string of the molecule is O=C(Cc1c(Cl)cccc1Cl)Oc1ccccc1-c1nc2ccccc2s1. The van der Waals surface area contributed by atoms with Gasteiger partial charge in [0.05, 0.1) is 22.2 Å². The molecule has 3 nitrogen and oxygen atoms in total. The van der Waals surface area contributed by atoms with E-state index < -0.39 is 5.97 Å². The maximum Gasteiger partial charge on any atom is 0.315 e. The second-order valence-corrected chi connectivity index (χ2v) is 7.68. The first-order valence-corrected chi connectivity index (χ1v) is 9.77. The zero-order chi connectivity index (χ0) is 18.8. The monoisotopic (exact) mass is 413 g/mol. The maximum absolute atomic E-state index is 12.5. The van der Waals surface area contributed by atoms with Gasteiger partial charge in [0.2, 0.25) is 0 Å². The zero-order valence-electron chi connectivity index (χ0n) is 14.0. The van der Waals surface area contributed by atoms with Gasteiger partial charge in [-0.2, -0.15) is 0 Å². The Morgan fingerprint density at radius 3 is 2.41 bits per heavy atom. The molecule has 0 amide bonds. The molecule has 0 aliphatic rings. The molecule has 0 spiro atoms. The lowest BCUT2D eigenvalue weighted by Gasteiger charge is -2.10. The number of carbonyl (C=O) groups is 1. The summed E-state index contributed by atoms with van der Waals surface area (Å²) in [6.45, 7) is 0. The third-order valence-corrected chi connectivity index (χ3v) is 5.80. The first-order valence-electron chi connectivity index (χ1n) is 8.20. The summed E-state index contributed by atoms with van der Waals surface area (Å²) in [5, 5.41) is 1.69. The van der Waals surface area contributed by atoms with E-state index >= 15 is 0 Å². The molecule has 0 saturated heterocycles. The van der Waals surface area contributed by atoms with Crippen LogP contribution in [0.3, 0.4) is 0 Å². The van der Waals surface area contributed by atoms with Crippen molar-refractivity contribution in [3.8, 4) is 16.3 Å². The average Bonchev–Trinajstić information content (AvgIpc) is 3.09. The van der Waals surface area contributed by atoms with Gasteiger partial charge in [0, 0.05) is 15.6 Å². The molecule has 0 bridgehead atoms. The van der Waals surface area contributed by atoms with Crippen molar-refractivity contribution in [3.63, 3.8) is 0 Å². The molecule has 1 heterocycles. The van der Waals surface area contributed by atoms with Gasteiger partial charge in [-0.3, -0.25) is 4.79 Å². The van der Waals surface area contributed by atoms with Crippen LogP contribution in [0.4, 0.5) is 0 Å². The number of nitrogens with zero attached hydrogens (tertiary/aromatic N) is 1. The number of esters is 1. The maximum atomic E-state index is 12.5. The highest BCUT2D eigenvalue weighted by atomic mass is 35.5. The van der Waals surface area contributed by atoms with Gasteiger partial charge in [0.1, 0.15) is 10.8 Å². The van der Waals surface area contributed by atoms with Crippen LogP contribution in [0.1, 0.15) is 5.56 Å². The number of carbonyl (C=O) groups excluding carboxylic acids is 1. The summed E-state index contributed by atoms with van der Waals surface area (Å²) in [6, 6.07) is 20.4. The number of rotatable bonds is 4. The molecular formula is C21H13Cl2NO2S. The highest BCUT2D eigenvalue weighted by molar-refractivity contribution is 7.21. The van der Waals surface area contributed by atoms with E-state index in [0.717, 1.165) is 20.8 Å². The zero-order valence-corrected chi connectivity index (χ0v) is 16.3. The van der Waals surface area contributed by atoms with Crippen molar-refractivity contribution in [2.45, 2.75) is 6.42 Å². The van der Waals surface area contributed by atoms with E-state index in [1.165, 1.54) is 0 Å². The number of benzene rings is 3. The van der Waals surface area contributed by atoms with Crippen LogP contribution in [-0.2, 0) is 11.2 Å². The average molecular weight is 414 g/mol. The molecule has 0 radical (unpaired) electrons. The standard InChI is InChI=1S/C21H13Cl2NO2S/c22-15-7-5-8-16(23)14(15)12-20(25)26-18-10-3-1-6-13(18)21-24-17-9-2-4-11-19(17)27-21/h1-11H,12H2. The summed E-state index contributed by atoms with van der Waals surface area (Å²) in [6.07, 6.45) is -0.00726. The minimum atomic E-state index is -0.432. The van der Waals surface area contributed by atoms with Crippen LogP contribution < -0.4 is 4.74 Å². The molecule has 0 unspecified atom stereocenters. The van der Waals surface area contributed by atoms with Crippen LogP contribution in [0.25, 0.3) is 20.8 Å². The van der Waals surface area contributed by atoms with E-state index in [0.29, 0.717) is 21.4 Å². The van der Waals surface area contributed by atoms with Gasteiger partial charge < -0.3 is 4.74 Å². The number of hydrogen-bond acceptors (Lipinski definition) is 4. The second-order valence-electron chi connectivity index (χ2n) is 5.83. The summed E-state index contributed by atoms with van der Waals surface area (Å²) in [5.41, 5.74) is 2.25. The van der Waals surface area contributed by atoms with Gasteiger partial charge in [-0.1, -0.05) is 53.5 Å². The van der Waals surface area contributed by atoms with Gasteiger partial charge >= 0.3 is 5.97 Å². The fourth-order valence-corrected chi connectivity index (χ4v) is 4.25. The van der Waals surface area contributed by atoms with Crippen molar-refractivity contribution in [2.24, 2.45) is 0 Å². The van der Waals surface area contributed by atoms with Crippen LogP contribution in [0.5, 0.6) is 5.75 Å². The van der Waals surface area contributed by atoms with E-state index in [9.17, 15) is 4.79 Å². The molecule has 4 aromatic rings. The first-order chi connectivity index (χ1) is 13.1. The van der Waals surface area contributed by atoms with Gasteiger partial charge in [0.15, 0.2) is 0 Å². The van der Waals surface area contributed by atoms with E-state index in [-0.39, 0.29) is 6.42 Å². The Bertz CT molecular complexity index is 1090. The van der Waals surface area contributed by atoms with Gasteiger partial charge in [0.25, 0.3) is 0 Å². The quantitative estimate of drug-likeness (QED) is 0.286. The Morgan fingerprint density at radius 1 is 0.926 bits per heavy atom. The summed E-state index contributed by atoms with van der Waals surface area (Å²) >= 11 is 13.9. The molecule has 3 aromatic carbocycles. The van der Waals surface area contributed by atoms with Crippen LogP contribution in [0.15, 0.2) is 66.7 Å². The van der Waals surface area contributed by atoms with E-state index in [1.807, 2.05) is 42.5 Å². The number of aromatic nitrogens is 1. The lowest BCUT2D eigenvalue weighted by molar-refractivity contribution is -0.133. The largest absolute Gasteiger partial charge is 0.426 e. The molecule has 6 heteroatoms. The van der Waals surface area contributed by atoms with Crippen LogP contribution >= 0.6 is 34.5 Å². The Morgan fingerprint density at radius 2 is 1.63 bits per heavy atom. The predicted molar refractivity (Wildman–Crippen MR) is 111 cm³/mol. The highest BCUT2D eigenvalue weighted by Crippen LogP contribution is 2.36. The Hall–Kier alpha value is -2.40. The lowest BCUT2D eigenvalue weighted by Crippen LogP contribution is -2.12. The molecule has 0 N–H and O–H groups in total. The van der Waals surface area contributed by atoms with E-state index in [1.54, 1.807) is 35.6 Å². The van der Waals surface area contributed by atoms with Crippen LogP contribution in [0, 0.1) is 0 Å². The Labute approximate surface area is 170 Å². The summed E-state index contributed by atoms with van der Waals surface area (Å²) in [5.74, 6) is 0.0308. The normalized spacial score (nSPS) is 10.9. The minimum absolute atomic E-state index is 0.00726. The number of fused-ring (bicyclic) bond motifs is 1. The van der Waals surface area contributed by atoms with Crippen molar-refractivity contribution in [2.75, 3.05) is 0 Å². The molecule has 0 saturated carbocycles. The molecule has 134 valence electrons. The molecule has 0 aliphatic carbocycles. The lowest BCUT2D eigenvalue weighted by atomic mass is 10.1. The number of hydrogen-bond donors (Lipinski definition) is 0. The molecule has 0 aliphatic heterocycles. The van der Waals surface area contributed by atoms with Gasteiger partial charge in [-0.25, -0.2) is 4.98 Å². The second kappa shape index (κ2) is 7.69. The van der Waals surface area contributed by atoms with Crippen molar-refractivity contribution in [3.05, 3.63) is 82.3 Å². The van der Waals surface area contributed by atoms with Crippen molar-refractivity contribution >= 4 is 50.7 Å². The number of para-hydroxylation sites is 2. The predicted octanol–water partition coefficient (Wildman–Crippen LogP) is 6.42. The van der Waals surface area contributed by atoms with Crippen molar-refractivity contribution in [1.82, 2.24) is 4.98 Å². The van der Waals surface area contributed by atoms with E-state index in [2.05, 4.69) is 4.98 Å². The Balaban J connectivity index is 1.62. The summed E-state index contributed by atoms with van der Waals surface area (Å²) < 4.78 is 6.70. The third kappa shape index (κ3) is 3.83. The summed E-state index contributed by atoms with van der Waals surface area (Å²) in [4.78, 5) is 17.1. The number of halogens is 2. The van der Waals surface area contributed by atoms with E-state index in [4.69, 9.17) is 27.9 Å². The van der Waals surface area contributed by atoms with Crippen LogP contribution in [-0.4, -0.2) is 11.0 Å². The smallest absolute Gasteiger partial charge is 0.315 e.